The van der Waals surface area contributed by atoms with E-state index in [0.29, 0.717) is 11.3 Å². The van der Waals surface area contributed by atoms with Crippen LogP contribution in [0.15, 0.2) is 36.9 Å². The van der Waals surface area contributed by atoms with Crippen LogP contribution in [0, 0.1) is 0 Å². The van der Waals surface area contributed by atoms with Gasteiger partial charge in [-0.2, -0.15) is 0 Å². The summed E-state index contributed by atoms with van der Waals surface area (Å²) in [5.74, 6) is 0.571. The first-order valence-electron chi connectivity index (χ1n) is 10.3. The maximum atomic E-state index is 12.4. The van der Waals surface area contributed by atoms with E-state index in [2.05, 4.69) is 17.2 Å². The van der Waals surface area contributed by atoms with Gasteiger partial charge in [-0.05, 0) is 54.3 Å². The molecular formula is C24H25Cl2N3O4. The molecule has 2 N–H and O–H groups in total. The Balaban J connectivity index is 0.000000555. The number of benzene rings is 2. The summed E-state index contributed by atoms with van der Waals surface area (Å²) in [6.07, 6.45) is 3.46. The maximum Gasteiger partial charge on any atom is 0.251 e. The quantitative estimate of drug-likeness (QED) is 0.473. The van der Waals surface area contributed by atoms with Crippen molar-refractivity contribution in [1.29, 1.82) is 0 Å². The Kier molecular flexibility index (Phi) is 7.34. The van der Waals surface area contributed by atoms with E-state index in [1.54, 1.807) is 32.3 Å². The first-order valence-corrected chi connectivity index (χ1v) is 11.0. The highest BCUT2D eigenvalue weighted by molar-refractivity contribution is 6.38. The van der Waals surface area contributed by atoms with Crippen LogP contribution in [0.5, 0.6) is 11.5 Å². The number of nitrogens with zero attached hydrogens (tertiary/aromatic N) is 1. The van der Waals surface area contributed by atoms with E-state index in [0.717, 1.165) is 36.9 Å². The number of amides is 3. The topological polar surface area (TPSA) is 87.7 Å². The third kappa shape index (κ3) is 4.84. The molecule has 1 aliphatic heterocycles. The molecule has 1 aliphatic carbocycles. The summed E-state index contributed by atoms with van der Waals surface area (Å²) in [5, 5.41) is 5.99. The van der Waals surface area contributed by atoms with Gasteiger partial charge in [0.1, 0.15) is 5.75 Å². The number of carbonyl (C=O) groups is 3. The minimum absolute atomic E-state index is 0.0547. The summed E-state index contributed by atoms with van der Waals surface area (Å²) >= 11 is 12.7. The van der Waals surface area contributed by atoms with Crippen LogP contribution in [0.2, 0.25) is 10.0 Å². The van der Waals surface area contributed by atoms with Crippen molar-refractivity contribution in [1.82, 2.24) is 10.2 Å². The van der Waals surface area contributed by atoms with Crippen molar-refractivity contribution >= 4 is 52.7 Å². The molecule has 0 atom stereocenters. The summed E-state index contributed by atoms with van der Waals surface area (Å²) < 4.78 is 5.95. The minimum atomic E-state index is -0.433. The second-order valence-corrected chi connectivity index (χ2v) is 8.91. The molecule has 33 heavy (non-hydrogen) atoms. The van der Waals surface area contributed by atoms with E-state index in [4.69, 9.17) is 27.9 Å². The zero-order valence-electron chi connectivity index (χ0n) is 18.6. The monoisotopic (exact) mass is 489 g/mol. The molecule has 2 aromatic rings. The number of hydrogen-bond donors (Lipinski definition) is 2. The predicted molar refractivity (Wildman–Crippen MR) is 130 cm³/mol. The normalized spacial score (nSPS) is 14.8. The van der Waals surface area contributed by atoms with E-state index in [9.17, 15) is 14.4 Å². The van der Waals surface area contributed by atoms with Gasteiger partial charge >= 0.3 is 0 Å². The molecule has 0 radical (unpaired) electrons. The third-order valence-corrected chi connectivity index (χ3v) is 6.24. The number of likely N-dealkylation sites (N-methyl/N-ethyl adjacent to an activating group) is 1. The molecule has 7 nitrogen and oxygen atoms in total. The smallest absolute Gasteiger partial charge is 0.251 e. The minimum Gasteiger partial charge on any atom is -0.454 e. The van der Waals surface area contributed by atoms with Crippen molar-refractivity contribution in [3.05, 3.63) is 58.1 Å². The van der Waals surface area contributed by atoms with Crippen molar-refractivity contribution in [3.63, 3.8) is 0 Å². The van der Waals surface area contributed by atoms with Crippen molar-refractivity contribution in [3.8, 4) is 11.5 Å². The summed E-state index contributed by atoms with van der Waals surface area (Å²) in [6.45, 7) is 3.76. The molecule has 1 spiro atoms. The van der Waals surface area contributed by atoms with Crippen LogP contribution < -0.4 is 15.4 Å². The van der Waals surface area contributed by atoms with Crippen LogP contribution in [-0.2, 0) is 19.8 Å². The standard InChI is InChI=1S/C21H18Cl2N2O3.C3H7NO/c1-11(19(26)24-2)12-8-15(22)18(16(23)9-12)28-13-4-5-17-14(10-13)21(6-3-7-21)20(27)25-17;1-4(2)3-5/h4-5,8-10H,1,3,6-7H2,2H3,(H,24,26)(H,25,27);3H,1-2H3. The van der Waals surface area contributed by atoms with E-state index in [1.807, 2.05) is 12.1 Å². The first-order chi connectivity index (χ1) is 15.6. The van der Waals surface area contributed by atoms with Crippen LogP contribution in [0.25, 0.3) is 5.57 Å². The number of anilines is 1. The molecular weight excluding hydrogens is 465 g/mol. The fraction of sp³-hybridized carbons (Fsp3) is 0.292. The number of fused-ring (bicyclic) bond motifs is 2. The van der Waals surface area contributed by atoms with Gasteiger partial charge in [0.05, 0.1) is 15.5 Å². The summed E-state index contributed by atoms with van der Waals surface area (Å²) in [6, 6.07) is 8.65. The Hall–Kier alpha value is -3.03. The Bertz CT molecular complexity index is 1100. The van der Waals surface area contributed by atoms with Crippen molar-refractivity contribution < 1.29 is 19.1 Å². The molecule has 1 fully saturated rings. The van der Waals surface area contributed by atoms with Gasteiger partial charge in [-0.3, -0.25) is 14.4 Å². The second-order valence-electron chi connectivity index (χ2n) is 8.09. The lowest BCUT2D eigenvalue weighted by Gasteiger charge is -2.36. The lowest BCUT2D eigenvalue weighted by atomic mass is 9.65. The van der Waals surface area contributed by atoms with E-state index < -0.39 is 5.41 Å². The van der Waals surface area contributed by atoms with Crippen molar-refractivity contribution in [2.45, 2.75) is 24.7 Å². The van der Waals surface area contributed by atoms with Crippen LogP contribution in [0.3, 0.4) is 0 Å². The Morgan fingerprint density at radius 3 is 2.30 bits per heavy atom. The number of ether oxygens (including phenoxy) is 1. The molecule has 1 heterocycles. The van der Waals surface area contributed by atoms with E-state index in [-0.39, 0.29) is 33.2 Å². The van der Waals surface area contributed by atoms with Crippen LogP contribution in [-0.4, -0.2) is 44.3 Å². The first kappa shape index (κ1) is 24.6. The molecule has 2 aromatic carbocycles. The van der Waals surface area contributed by atoms with Gasteiger partial charge in [0.15, 0.2) is 5.75 Å². The molecule has 0 unspecified atom stereocenters. The van der Waals surface area contributed by atoms with Gasteiger partial charge in [-0.15, -0.1) is 0 Å². The summed E-state index contributed by atoms with van der Waals surface area (Å²) in [5.41, 5.74) is 2.12. The van der Waals surface area contributed by atoms with Crippen LogP contribution in [0.4, 0.5) is 5.69 Å². The zero-order chi connectivity index (χ0) is 24.3. The fourth-order valence-electron chi connectivity index (χ4n) is 3.71. The van der Waals surface area contributed by atoms with Gasteiger partial charge in [0, 0.05) is 32.4 Å². The summed E-state index contributed by atoms with van der Waals surface area (Å²) in [7, 11) is 4.90. The average Bonchev–Trinajstić information content (AvgIpc) is 3.06. The second kappa shape index (κ2) is 9.85. The number of hydrogen-bond acceptors (Lipinski definition) is 4. The number of carbonyl (C=O) groups excluding carboxylic acids is 3. The zero-order valence-corrected chi connectivity index (χ0v) is 20.1. The molecule has 174 valence electrons. The fourth-order valence-corrected chi connectivity index (χ4v) is 4.28. The Labute approximate surface area is 202 Å². The van der Waals surface area contributed by atoms with Gasteiger partial charge in [0.2, 0.25) is 12.3 Å². The molecule has 9 heteroatoms. The maximum absolute atomic E-state index is 12.4. The molecule has 1 saturated carbocycles. The van der Waals surface area contributed by atoms with Crippen LogP contribution >= 0.6 is 23.2 Å². The number of halogens is 2. The molecule has 2 aliphatic rings. The third-order valence-electron chi connectivity index (χ3n) is 5.68. The number of rotatable bonds is 5. The lowest BCUT2D eigenvalue weighted by Crippen LogP contribution is -2.40. The highest BCUT2D eigenvalue weighted by Gasteiger charge is 2.51. The van der Waals surface area contributed by atoms with Crippen molar-refractivity contribution in [2.75, 3.05) is 26.5 Å². The Morgan fingerprint density at radius 1 is 1.21 bits per heavy atom. The lowest BCUT2D eigenvalue weighted by molar-refractivity contribution is -0.123. The highest BCUT2D eigenvalue weighted by atomic mass is 35.5. The summed E-state index contributed by atoms with van der Waals surface area (Å²) in [4.78, 5) is 35.0. The van der Waals surface area contributed by atoms with Gasteiger partial charge in [-0.25, -0.2) is 0 Å². The van der Waals surface area contributed by atoms with Crippen molar-refractivity contribution in [2.24, 2.45) is 0 Å². The SMILES string of the molecule is C=C(C(=O)NC)c1cc(Cl)c(Oc2ccc3c(c2)C2(CCC2)C(=O)N3)c(Cl)c1.CN(C)C=O. The number of nitrogens with one attached hydrogen (secondary N) is 2. The Morgan fingerprint density at radius 2 is 1.82 bits per heavy atom. The molecule has 0 aromatic heterocycles. The van der Waals surface area contributed by atoms with Gasteiger partial charge in [0.25, 0.3) is 5.91 Å². The van der Waals surface area contributed by atoms with E-state index in [1.165, 1.54) is 11.9 Å². The molecule has 4 rings (SSSR count). The molecule has 0 bridgehead atoms. The van der Waals surface area contributed by atoms with Crippen LogP contribution in [0.1, 0.15) is 30.4 Å². The highest BCUT2D eigenvalue weighted by Crippen LogP contribution is 2.52. The predicted octanol–water partition coefficient (Wildman–Crippen LogP) is 4.62. The largest absolute Gasteiger partial charge is 0.454 e. The van der Waals surface area contributed by atoms with Gasteiger partial charge < -0.3 is 20.3 Å². The molecule has 0 saturated heterocycles. The molecule has 3 amide bonds. The van der Waals surface area contributed by atoms with Gasteiger partial charge in [-0.1, -0.05) is 36.2 Å². The van der Waals surface area contributed by atoms with E-state index >= 15 is 0 Å². The average molecular weight is 490 g/mol.